The molecule has 0 heterocycles. The first-order valence-electron chi connectivity index (χ1n) is 6.13. The van der Waals surface area contributed by atoms with E-state index in [1.165, 1.54) is 4.74 Å². The molecule has 31 heavy (non-hydrogen) atoms. The van der Waals surface area contributed by atoms with Crippen molar-refractivity contribution in [1.82, 2.24) is 0 Å². The molecule has 0 amide bonds. The highest BCUT2D eigenvalue weighted by Crippen LogP contribution is 2.55. The molecule has 1 atom stereocenters. The van der Waals surface area contributed by atoms with Gasteiger partial charge in [-0.25, -0.2) is 0 Å². The van der Waals surface area contributed by atoms with E-state index in [9.17, 15) is 79.0 Å². The van der Waals surface area contributed by atoms with Crippen molar-refractivity contribution in [2.45, 2.75) is 36.3 Å². The van der Waals surface area contributed by atoms with E-state index in [0.29, 0.717) is 0 Å². The van der Waals surface area contributed by atoms with E-state index in [0.717, 1.165) is 0 Å². The average Bonchev–Trinajstić information content (AvgIpc) is 2.51. The molecule has 3 nitrogen and oxygen atoms in total. The first kappa shape index (κ1) is 28.8. The third-order valence-electron chi connectivity index (χ3n) is 2.47. The Labute approximate surface area is 155 Å². The maximum absolute atomic E-state index is 13.5. The molecule has 0 aromatic heterocycles. The molecule has 0 radical (unpaired) electrons. The topological polar surface area (TPSA) is 27.7 Å². The first-order valence-corrected chi connectivity index (χ1v) is 6.13. The average molecular weight is 510 g/mol. The Morgan fingerprint density at radius 1 is 0.452 bits per heavy atom. The Bertz CT molecular complexity index is 715. The molecule has 0 fully saturated rings. The van der Waals surface area contributed by atoms with Crippen LogP contribution in [0, 0.1) is 0 Å². The molecule has 0 aliphatic rings. The van der Waals surface area contributed by atoms with Crippen molar-refractivity contribution in [3.8, 4) is 0 Å². The highest BCUT2D eigenvalue weighted by molar-refractivity contribution is 4.97. The summed E-state index contributed by atoms with van der Waals surface area (Å²) >= 11 is 0. The van der Waals surface area contributed by atoms with Gasteiger partial charge in [-0.2, -0.15) is 79.0 Å². The van der Waals surface area contributed by atoms with Crippen LogP contribution in [-0.4, -0.2) is 36.3 Å². The fourth-order valence-electron chi connectivity index (χ4n) is 1.12. The number of hydrogen-bond donors (Lipinski definition) is 0. The monoisotopic (exact) mass is 510 g/mol. The number of hydrogen-bond acceptors (Lipinski definition) is 3. The van der Waals surface area contributed by atoms with Crippen LogP contribution in [0.3, 0.4) is 0 Å². The molecule has 0 aromatic carbocycles. The quantitative estimate of drug-likeness (QED) is 0.254. The van der Waals surface area contributed by atoms with E-state index >= 15 is 0 Å². The van der Waals surface area contributed by atoms with E-state index in [-0.39, 0.29) is 0 Å². The smallest absolute Gasteiger partial charge is 0.398 e. The molecule has 1 unspecified atom stereocenters. The molecular weight excluding hydrogens is 510 g/mol. The van der Waals surface area contributed by atoms with Crippen LogP contribution >= 0.6 is 0 Å². The van der Waals surface area contributed by atoms with E-state index < -0.39 is 60.5 Å². The Kier molecular flexibility index (Phi) is 7.77. The van der Waals surface area contributed by atoms with Gasteiger partial charge in [0.15, 0.2) is 0 Å². The van der Waals surface area contributed by atoms with Crippen LogP contribution in [0.1, 0.15) is 0 Å². The summed E-state index contributed by atoms with van der Waals surface area (Å²) in [4.78, 5) is 0. The summed E-state index contributed by atoms with van der Waals surface area (Å²) in [5.41, 5.74) is 0. The van der Waals surface area contributed by atoms with Crippen molar-refractivity contribution in [1.29, 1.82) is 0 Å². The van der Waals surface area contributed by atoms with Gasteiger partial charge in [-0.05, 0) is 0 Å². The summed E-state index contributed by atoms with van der Waals surface area (Å²) in [6.45, 7) is 0. The second-order valence-electron chi connectivity index (χ2n) is 4.59. The highest BCUT2D eigenvalue weighted by atomic mass is 19.4. The highest BCUT2D eigenvalue weighted by Gasteiger charge is 2.85. The zero-order valence-corrected chi connectivity index (χ0v) is 13.0. The Morgan fingerprint density at radius 3 is 1.06 bits per heavy atom. The molecule has 0 saturated carbocycles. The van der Waals surface area contributed by atoms with Crippen molar-refractivity contribution < 1.29 is 93.2 Å². The van der Waals surface area contributed by atoms with Gasteiger partial charge >= 0.3 is 60.5 Å². The Hall–Kier alpha value is -2.22. The molecule has 0 rings (SSSR count). The van der Waals surface area contributed by atoms with Crippen LogP contribution in [0.5, 0.6) is 0 Å². The summed E-state index contributed by atoms with van der Waals surface area (Å²) in [6.07, 6.45) is -38.6. The second kappa shape index (κ2) is 8.37. The zero-order chi connectivity index (χ0) is 25.4. The fourth-order valence-corrected chi connectivity index (χ4v) is 1.12. The van der Waals surface area contributed by atoms with Crippen LogP contribution in [0.2, 0.25) is 0 Å². The Balaban J connectivity index is 6.44. The Morgan fingerprint density at radius 2 is 0.774 bits per heavy atom. The standard InChI is InChI=1S/C10F18O3/c11-1(12)3(15)29-8(23,24)5(17,18)9(25,26)31-6(19,7(20,21)22)10(27,28)30-4(16)2(13)14. The number of halogens is 18. The van der Waals surface area contributed by atoms with Gasteiger partial charge in [-0.3, -0.25) is 4.74 Å². The molecule has 0 aromatic rings. The summed E-state index contributed by atoms with van der Waals surface area (Å²) in [5, 5.41) is 0. The zero-order valence-electron chi connectivity index (χ0n) is 13.0. The minimum absolute atomic E-state index is 1.36. The van der Waals surface area contributed by atoms with Crippen molar-refractivity contribution in [2.75, 3.05) is 0 Å². The lowest BCUT2D eigenvalue weighted by Gasteiger charge is -2.38. The summed E-state index contributed by atoms with van der Waals surface area (Å²) < 4.78 is 231. The molecule has 0 N–H and O–H groups in total. The van der Waals surface area contributed by atoms with Crippen LogP contribution < -0.4 is 0 Å². The van der Waals surface area contributed by atoms with Gasteiger partial charge in [0.25, 0.3) is 0 Å². The summed E-state index contributed by atoms with van der Waals surface area (Å²) in [5.74, 6) is -15.7. The molecule has 0 bridgehead atoms. The predicted octanol–water partition coefficient (Wildman–Crippen LogP) is 6.75. The molecule has 0 aliphatic heterocycles. The van der Waals surface area contributed by atoms with Crippen LogP contribution in [0.4, 0.5) is 79.0 Å². The predicted molar refractivity (Wildman–Crippen MR) is 53.6 cm³/mol. The van der Waals surface area contributed by atoms with Crippen LogP contribution in [0.25, 0.3) is 0 Å². The SMILES string of the molecule is FC(F)=C(F)OC(F)(F)C(F)(F)C(F)(F)OC(F)(C(F)(F)F)C(F)(F)OC(F)=C(F)F. The normalized spacial score (nSPS) is 15.8. The van der Waals surface area contributed by atoms with Crippen molar-refractivity contribution in [3.05, 3.63) is 24.2 Å². The minimum atomic E-state index is -7.89. The summed E-state index contributed by atoms with van der Waals surface area (Å²) in [6, 6.07) is -8.11. The van der Waals surface area contributed by atoms with Crippen molar-refractivity contribution >= 4 is 0 Å². The van der Waals surface area contributed by atoms with Gasteiger partial charge in [-0.15, -0.1) is 0 Å². The lowest BCUT2D eigenvalue weighted by atomic mass is 10.2. The molecule has 21 heteroatoms. The largest absolute Gasteiger partial charge is 0.475 e. The molecular formula is C10F18O3. The number of rotatable bonds is 9. The van der Waals surface area contributed by atoms with Crippen LogP contribution in [-0.2, 0) is 14.2 Å². The lowest BCUT2D eigenvalue weighted by molar-refractivity contribution is -0.536. The maximum Gasteiger partial charge on any atom is 0.475 e. The van der Waals surface area contributed by atoms with E-state index in [1.54, 1.807) is 9.47 Å². The maximum atomic E-state index is 13.5. The van der Waals surface area contributed by atoms with Gasteiger partial charge < -0.3 is 9.47 Å². The first-order chi connectivity index (χ1) is 13.4. The molecule has 0 aliphatic carbocycles. The van der Waals surface area contributed by atoms with Gasteiger partial charge in [0.2, 0.25) is 0 Å². The van der Waals surface area contributed by atoms with E-state index in [1.807, 2.05) is 0 Å². The molecule has 184 valence electrons. The molecule has 0 saturated heterocycles. The van der Waals surface area contributed by atoms with E-state index in [2.05, 4.69) is 0 Å². The van der Waals surface area contributed by atoms with Crippen LogP contribution in [0.15, 0.2) is 24.2 Å². The van der Waals surface area contributed by atoms with Gasteiger partial charge in [0.05, 0.1) is 0 Å². The third-order valence-corrected chi connectivity index (χ3v) is 2.47. The molecule has 0 spiro atoms. The van der Waals surface area contributed by atoms with E-state index in [4.69, 9.17) is 0 Å². The van der Waals surface area contributed by atoms with Gasteiger partial charge in [-0.1, -0.05) is 0 Å². The van der Waals surface area contributed by atoms with Gasteiger partial charge in [0, 0.05) is 0 Å². The van der Waals surface area contributed by atoms with Crippen molar-refractivity contribution in [3.63, 3.8) is 0 Å². The third kappa shape index (κ3) is 5.53. The second-order valence-corrected chi connectivity index (χ2v) is 4.59. The fraction of sp³-hybridized carbons (Fsp3) is 0.600. The van der Waals surface area contributed by atoms with Crippen molar-refractivity contribution in [2.24, 2.45) is 0 Å². The minimum Gasteiger partial charge on any atom is -0.398 e. The van der Waals surface area contributed by atoms with Gasteiger partial charge in [0.1, 0.15) is 0 Å². The number of alkyl halides is 12. The summed E-state index contributed by atoms with van der Waals surface area (Å²) in [7, 11) is 0. The number of ether oxygens (including phenoxy) is 3. The lowest BCUT2D eigenvalue weighted by Crippen LogP contribution is -2.66.